The second-order valence-corrected chi connectivity index (χ2v) is 5.13. The molecule has 0 atom stereocenters. The number of sulfonamides is 1. The van der Waals surface area contributed by atoms with Crippen molar-refractivity contribution in [1.82, 2.24) is 14.6 Å². The van der Waals surface area contributed by atoms with E-state index in [4.69, 9.17) is 20.6 Å². The molecule has 0 amide bonds. The molecule has 2 aromatic rings. The first-order chi connectivity index (χ1) is 15.3. The molecule has 110 valence electrons. The molecule has 0 bridgehead atoms. The minimum absolute atomic E-state index is 0.106. The van der Waals surface area contributed by atoms with Crippen LogP contribution in [0.3, 0.4) is 0 Å². The van der Waals surface area contributed by atoms with Crippen LogP contribution >= 0.6 is 0 Å². The quantitative estimate of drug-likeness (QED) is 0.846. The van der Waals surface area contributed by atoms with Gasteiger partial charge in [0.2, 0.25) is 10.0 Å². The van der Waals surface area contributed by atoms with Gasteiger partial charge in [0.25, 0.3) is 0 Å². The predicted octanol–water partition coefficient (Wildman–Crippen LogP) is 1.32. The van der Waals surface area contributed by atoms with Gasteiger partial charge in [0.1, 0.15) is 1.41 Å². The molecule has 1 aromatic heterocycles. The molecule has 20 heavy (non-hydrogen) atoms. The van der Waals surface area contributed by atoms with Gasteiger partial charge < -0.3 is 9.88 Å². The molecule has 2 rings (SSSR count). The maximum Gasteiger partial charge on any atom is 0.215 e. The van der Waals surface area contributed by atoms with Gasteiger partial charge in [0, 0.05) is 40.0 Å². The number of hydrogen-bond donors (Lipinski definition) is 2. The van der Waals surface area contributed by atoms with E-state index in [1.165, 1.54) is 0 Å². The number of likely N-dealkylation sites (N-methyl/N-ethyl adjacent to an activating group) is 1. The molecule has 0 saturated heterocycles. The van der Waals surface area contributed by atoms with Gasteiger partial charge in [-0.25, -0.2) is 13.1 Å². The van der Waals surface area contributed by atoms with Crippen molar-refractivity contribution in [3.05, 3.63) is 35.5 Å². The molecule has 5 nitrogen and oxygen atoms in total. The Bertz CT molecular complexity index is 1230. The van der Waals surface area contributed by atoms with Crippen LogP contribution in [0.4, 0.5) is 0 Å². The van der Waals surface area contributed by atoms with E-state index in [0.29, 0.717) is 11.0 Å². The lowest BCUT2D eigenvalue weighted by atomic mass is 10.1. The summed E-state index contributed by atoms with van der Waals surface area (Å²) in [6, 6.07) is 2.47. The number of benzene rings is 1. The maximum atomic E-state index is 12.6. The third-order valence-electron chi connectivity index (χ3n) is 2.27. The third kappa shape index (κ3) is 3.59. The van der Waals surface area contributed by atoms with E-state index < -0.39 is 70.0 Å². The third-order valence-corrected chi connectivity index (χ3v) is 3.00. The highest BCUT2D eigenvalue weighted by molar-refractivity contribution is 7.88. The predicted molar refractivity (Wildman–Crippen MR) is 82.2 cm³/mol. The Morgan fingerprint density at radius 3 is 3.25 bits per heavy atom. The summed E-state index contributed by atoms with van der Waals surface area (Å²) in [7, 11) is -4.73. The average Bonchev–Trinajstić information content (AvgIpc) is 2.95. The second-order valence-electron chi connectivity index (χ2n) is 3.79. The van der Waals surface area contributed by atoms with Gasteiger partial charge in [-0.2, -0.15) is 0 Å². The zero-order valence-corrected chi connectivity index (χ0v) is 11.1. The van der Waals surface area contributed by atoms with Crippen molar-refractivity contribution in [2.24, 2.45) is 0 Å². The van der Waals surface area contributed by atoms with Gasteiger partial charge >= 0.3 is 0 Å². The summed E-state index contributed by atoms with van der Waals surface area (Å²) >= 11 is 0. The number of nitrogens with zero attached hydrogens (tertiary/aromatic N) is 1. The largest absolute Gasteiger partial charge is 0.361 e. The summed E-state index contributed by atoms with van der Waals surface area (Å²) in [5.41, 5.74) is -5.48. The number of fused-ring (bicyclic) bond motifs is 1. The van der Waals surface area contributed by atoms with E-state index in [0.717, 1.165) is 19.2 Å². The van der Waals surface area contributed by atoms with Crippen LogP contribution in [0.15, 0.2) is 24.4 Å². The molecule has 2 N–H and O–H groups in total. The van der Waals surface area contributed by atoms with E-state index in [9.17, 15) is 8.42 Å². The number of aromatic amines is 1. The topological polar surface area (TPSA) is 65.2 Å². The molecular formula is C14H21N3O2S. The Labute approximate surface area is 141 Å². The van der Waals surface area contributed by atoms with Crippen LogP contribution in [0.25, 0.3) is 10.9 Å². The van der Waals surface area contributed by atoms with E-state index in [1.54, 1.807) is 0 Å². The van der Waals surface area contributed by atoms with Gasteiger partial charge in [-0.3, -0.25) is 0 Å². The smallest absolute Gasteiger partial charge is 0.215 e. The molecule has 6 heteroatoms. The lowest BCUT2D eigenvalue weighted by Crippen LogP contribution is -2.20. The molecule has 0 saturated carbocycles. The minimum Gasteiger partial charge on any atom is -0.361 e. The fourth-order valence-corrected chi connectivity index (χ4v) is 1.95. The first-order valence-corrected chi connectivity index (χ1v) is 6.71. The molecule has 0 fully saturated rings. The highest BCUT2D eigenvalue weighted by Crippen LogP contribution is 2.21. The SMILES string of the molecule is [2H]c1c(C([2H])([2H])C([2H])([2H])N(C)C([2H])([2H])[2H])c2cc(C([2H])([2H])S(=O)(=O)N([2H])C([2H])([2H])[2H])ccc2n1[2H]. The highest BCUT2D eigenvalue weighted by atomic mass is 32.2. The molecule has 0 unspecified atom stereocenters. The number of aryl methyl sites for hydroxylation is 1. The van der Waals surface area contributed by atoms with Crippen LogP contribution in [0.1, 0.15) is 28.9 Å². The minimum atomic E-state index is -5.51. The summed E-state index contributed by atoms with van der Waals surface area (Å²) in [6.07, 6.45) is -4.22. The highest BCUT2D eigenvalue weighted by Gasteiger charge is 2.11. The van der Waals surface area contributed by atoms with Crippen LogP contribution in [0, 0.1) is 0 Å². The Morgan fingerprint density at radius 2 is 2.50 bits per heavy atom. The van der Waals surface area contributed by atoms with Crippen molar-refractivity contribution in [3.63, 3.8) is 0 Å². The van der Waals surface area contributed by atoms with E-state index >= 15 is 0 Å². The Hall–Kier alpha value is -1.37. The van der Waals surface area contributed by atoms with Crippen molar-refractivity contribution in [2.75, 3.05) is 27.5 Å². The van der Waals surface area contributed by atoms with Gasteiger partial charge in [0.05, 0.1) is 7.08 Å². The van der Waals surface area contributed by atoms with Gasteiger partial charge in [0.15, 0.2) is 1.41 Å². The molecule has 0 aliphatic rings. The van der Waals surface area contributed by atoms with Crippen LogP contribution in [-0.4, -0.2) is 45.8 Å². The molecule has 0 aliphatic heterocycles. The molecule has 0 radical (unpaired) electrons. The molecule has 1 heterocycles. The Balaban J connectivity index is 2.85. The maximum absolute atomic E-state index is 12.6. The second kappa shape index (κ2) is 5.95. The van der Waals surface area contributed by atoms with Gasteiger partial charge in [-0.1, -0.05) is 6.07 Å². The first-order valence-electron chi connectivity index (χ1n) is 12.7. The van der Waals surface area contributed by atoms with Crippen LogP contribution in [0.2, 0.25) is 2.82 Å². The van der Waals surface area contributed by atoms with E-state index in [1.807, 2.05) is 0 Å². The van der Waals surface area contributed by atoms with Gasteiger partial charge in [-0.15, -0.1) is 0 Å². The van der Waals surface area contributed by atoms with Crippen LogP contribution in [0.5, 0.6) is 0 Å². The molecule has 0 aliphatic carbocycles. The zero-order valence-electron chi connectivity index (χ0n) is 25.3. The number of hydrogen-bond acceptors (Lipinski definition) is 3. The number of nitrogens with one attached hydrogen (secondary N) is 2. The zero-order chi connectivity index (χ0) is 27.7. The molecule has 0 spiro atoms. The molecular weight excluding hydrogens is 274 g/mol. The average molecular weight is 310 g/mol. The van der Waals surface area contributed by atoms with Gasteiger partial charge in [-0.05, 0) is 50.6 Å². The standard InChI is InChI=1S/C14H21N3O2S/c1-15-20(18,19)10-11-4-5-14-13(8-11)12(9-16-14)6-7-17(2)3/h4-5,8-9,15-16H,6-7,10H2,1-3H3/i1D3,2D3,6D2,7D2,9D,10D2/hD2. The summed E-state index contributed by atoms with van der Waals surface area (Å²) in [5.74, 6) is 0. The summed E-state index contributed by atoms with van der Waals surface area (Å²) in [5, 5.41) is -0.486. The summed E-state index contributed by atoms with van der Waals surface area (Å²) < 4.78 is 140. The lowest BCUT2D eigenvalue weighted by Gasteiger charge is -2.08. The van der Waals surface area contributed by atoms with Crippen molar-refractivity contribution >= 4 is 20.9 Å². The fourth-order valence-electron chi connectivity index (χ4n) is 1.48. The Kier molecular flexibility index (Phi) is 1.44. The number of rotatable bonds is 6. The number of H-pyrrole nitrogens is 1. The summed E-state index contributed by atoms with van der Waals surface area (Å²) in [6.45, 7) is -9.96. The van der Waals surface area contributed by atoms with Crippen molar-refractivity contribution in [2.45, 2.75) is 12.1 Å². The van der Waals surface area contributed by atoms with Crippen molar-refractivity contribution in [1.29, 1.82) is 0 Å². The van der Waals surface area contributed by atoms with Crippen molar-refractivity contribution < 1.29 is 29.1 Å². The lowest BCUT2D eigenvalue weighted by molar-refractivity contribution is 0.414. The Morgan fingerprint density at radius 1 is 1.65 bits per heavy atom. The van der Waals surface area contributed by atoms with Crippen LogP contribution in [-0.2, 0) is 22.1 Å². The van der Waals surface area contributed by atoms with E-state index in [-0.39, 0.29) is 10.4 Å². The summed E-state index contributed by atoms with van der Waals surface area (Å²) in [4.78, 5) is 0.468. The van der Waals surface area contributed by atoms with E-state index in [2.05, 4.69) is 0 Å². The fraction of sp³-hybridized carbons (Fsp3) is 0.429. The van der Waals surface area contributed by atoms with Crippen molar-refractivity contribution in [3.8, 4) is 0 Å². The van der Waals surface area contributed by atoms with Crippen LogP contribution < -0.4 is 4.72 Å². The number of aromatic nitrogens is 1. The molecule has 1 aromatic carbocycles. The normalized spacial score (nSPS) is 27.1. The monoisotopic (exact) mass is 310 g/mol. The first kappa shape index (κ1) is 4.83.